The molecular weight excluding hydrogens is 1410 g/mol. The van der Waals surface area contributed by atoms with Crippen LogP contribution in [0.25, 0.3) is 0 Å². The Balaban J connectivity index is 0.000000139. The molecule has 9 aliphatic rings. The minimum Gasteiger partial charge on any atom is -0.508 e. The molecule has 16 nitrogen and oxygen atoms in total. The minimum atomic E-state index is -0.969. The third kappa shape index (κ3) is 19.9. The number of para-hydroxylation sites is 2. The first-order valence-corrected chi connectivity index (χ1v) is 41.2. The molecule has 598 valence electrons. The maximum absolute atomic E-state index is 13.1. The van der Waals surface area contributed by atoms with Gasteiger partial charge in [-0.05, 0) is 181 Å². The van der Waals surface area contributed by atoms with Crippen molar-refractivity contribution in [2.45, 2.75) is 251 Å². The van der Waals surface area contributed by atoms with Gasteiger partial charge in [0.15, 0.2) is 40.5 Å². The van der Waals surface area contributed by atoms with Crippen LogP contribution in [0.4, 0.5) is 8.78 Å². The number of aryl methyl sites for hydroxylation is 1. The monoisotopic (exact) mass is 1530 g/mol. The van der Waals surface area contributed by atoms with Gasteiger partial charge in [0.25, 0.3) is 0 Å². The number of hydrogen-bond acceptors (Lipinski definition) is 16. The molecule has 7 aromatic carbocycles. The van der Waals surface area contributed by atoms with E-state index in [9.17, 15) is 52.6 Å². The number of nitrogens with one attached hydrogen (secondary N) is 3. The molecule has 1 aliphatic heterocycles. The van der Waals surface area contributed by atoms with Crippen LogP contribution in [-0.4, -0.2) is 95.0 Å². The molecule has 0 amide bonds. The van der Waals surface area contributed by atoms with E-state index in [0.29, 0.717) is 79.2 Å². The van der Waals surface area contributed by atoms with Crippen molar-refractivity contribution in [3.05, 3.63) is 238 Å². The van der Waals surface area contributed by atoms with E-state index in [2.05, 4.69) is 57.2 Å². The van der Waals surface area contributed by atoms with E-state index in [1.54, 1.807) is 55.6 Å². The number of benzene rings is 7. The van der Waals surface area contributed by atoms with E-state index in [-0.39, 0.29) is 63.9 Å². The predicted octanol–water partition coefficient (Wildman–Crippen LogP) is 16.1. The summed E-state index contributed by atoms with van der Waals surface area (Å²) in [6, 6.07) is 58.9. The number of ketones is 7. The number of Topliss-reactive ketones (excluding diaryl/α,β-unsaturated/α-hetero) is 7. The van der Waals surface area contributed by atoms with E-state index in [1.807, 2.05) is 97.9 Å². The summed E-state index contributed by atoms with van der Waals surface area (Å²) >= 11 is 0. The number of phenolic OH excluding ortho intramolecular Hbond substituents is 2. The lowest BCUT2D eigenvalue weighted by Gasteiger charge is -2.50. The molecule has 1 heterocycles. The van der Waals surface area contributed by atoms with Crippen LogP contribution in [0.1, 0.15) is 244 Å². The fourth-order valence-electron chi connectivity index (χ4n) is 18.0. The zero-order valence-corrected chi connectivity index (χ0v) is 65.9. The lowest BCUT2D eigenvalue weighted by Crippen LogP contribution is -2.58. The molecule has 0 radical (unpaired) electrons. The second-order valence-electron chi connectivity index (χ2n) is 32.0. The van der Waals surface area contributed by atoms with Gasteiger partial charge < -0.3 is 32.7 Å². The Morgan fingerprint density at radius 3 is 1.21 bits per heavy atom. The van der Waals surface area contributed by atoms with Gasteiger partial charge >= 0.3 is 0 Å². The van der Waals surface area contributed by atoms with Crippen molar-refractivity contribution in [3.8, 4) is 11.5 Å². The van der Waals surface area contributed by atoms with Gasteiger partial charge in [0.1, 0.15) is 62.8 Å². The quantitative estimate of drug-likeness (QED) is 0.0502. The van der Waals surface area contributed by atoms with Gasteiger partial charge in [-0.1, -0.05) is 209 Å². The zero-order chi connectivity index (χ0) is 79.8. The van der Waals surface area contributed by atoms with Crippen LogP contribution in [0.5, 0.6) is 11.5 Å². The summed E-state index contributed by atoms with van der Waals surface area (Å²) in [5.41, 5.74) is 21.2. The average molecular weight is 1530 g/mol. The van der Waals surface area contributed by atoms with Gasteiger partial charge in [0, 0.05) is 81.7 Å². The molecule has 7 atom stereocenters. The molecule has 8 saturated carbocycles. The summed E-state index contributed by atoms with van der Waals surface area (Å²) in [7, 11) is 1.79. The molecule has 0 unspecified atom stereocenters. The van der Waals surface area contributed by atoms with Gasteiger partial charge in [-0.2, -0.15) is 0 Å². The maximum Gasteiger partial charge on any atom is 0.157 e. The smallest absolute Gasteiger partial charge is 0.157 e. The van der Waals surface area contributed by atoms with Crippen LogP contribution in [0.15, 0.2) is 188 Å². The van der Waals surface area contributed by atoms with E-state index >= 15 is 0 Å². The lowest BCUT2D eigenvalue weighted by molar-refractivity contribution is -0.139. The number of halogens is 2. The van der Waals surface area contributed by atoms with Crippen molar-refractivity contribution >= 4 is 40.5 Å². The number of nitrogens with zero attached hydrogens (tertiary/aromatic N) is 1. The number of rotatable bonds is 14. The van der Waals surface area contributed by atoms with E-state index in [4.69, 9.17) is 17.2 Å². The van der Waals surface area contributed by atoms with Crippen molar-refractivity contribution in [1.82, 2.24) is 20.9 Å². The lowest BCUT2D eigenvalue weighted by atomic mass is 9.73. The molecule has 18 heteroatoms. The summed E-state index contributed by atoms with van der Waals surface area (Å²) in [6.45, 7) is 3.98. The number of aromatic hydroxyl groups is 2. The van der Waals surface area contributed by atoms with Gasteiger partial charge in [0.05, 0.1) is 0 Å². The number of hydrogen-bond donors (Lipinski definition) is 8. The minimum absolute atomic E-state index is 0.0272. The second kappa shape index (κ2) is 39.9. The molecule has 1 saturated heterocycles. The van der Waals surface area contributed by atoms with Crippen molar-refractivity contribution < 1.29 is 52.6 Å². The van der Waals surface area contributed by atoms with Crippen molar-refractivity contribution in [2.24, 2.45) is 17.2 Å². The summed E-state index contributed by atoms with van der Waals surface area (Å²) in [5, 5.41) is 29.5. The number of carbonyl (C=O) groups is 7. The first-order valence-electron chi connectivity index (χ1n) is 41.2. The van der Waals surface area contributed by atoms with E-state index < -0.39 is 34.4 Å². The molecule has 0 bridgehead atoms. The van der Waals surface area contributed by atoms with Crippen molar-refractivity contribution in [3.63, 3.8) is 0 Å². The van der Waals surface area contributed by atoms with Gasteiger partial charge in [-0.15, -0.1) is 0 Å². The van der Waals surface area contributed by atoms with Gasteiger partial charge in [-0.3, -0.25) is 49.1 Å². The highest BCUT2D eigenvalue weighted by atomic mass is 19.1. The van der Waals surface area contributed by atoms with Gasteiger partial charge in [-0.25, -0.2) is 8.78 Å². The molecule has 112 heavy (non-hydrogen) atoms. The van der Waals surface area contributed by atoms with Crippen LogP contribution in [-0.2, 0) is 72.3 Å². The van der Waals surface area contributed by atoms with Crippen LogP contribution < -0.4 is 33.2 Å². The topological polar surface area (TPSA) is 277 Å². The maximum atomic E-state index is 13.1. The number of nitrogens with two attached hydrogens (primary N) is 3. The fraction of sp³-hybridized carbons (Fsp3) is 0.479. The molecular formula is C94H119F2N7O9. The molecule has 0 aromatic heterocycles. The highest BCUT2D eigenvalue weighted by Crippen LogP contribution is 2.45. The highest BCUT2D eigenvalue weighted by molar-refractivity contribution is 5.94. The number of carbonyl (C=O) groups excluding carboxylic acids is 7. The molecule has 8 aliphatic carbocycles. The Bertz CT molecular complexity index is 4220. The van der Waals surface area contributed by atoms with Crippen molar-refractivity contribution in [1.29, 1.82) is 0 Å². The third-order valence-electron chi connectivity index (χ3n) is 24.7. The molecule has 9 fully saturated rings. The highest BCUT2D eigenvalue weighted by Gasteiger charge is 2.50. The number of likely N-dealkylation sites (N-methyl/N-ethyl adjacent to an activating group) is 1. The average Bonchev–Trinajstić information content (AvgIpc) is 1.32. The molecule has 0 spiro atoms. The summed E-state index contributed by atoms with van der Waals surface area (Å²) in [5.74, 6) is 1.46. The largest absolute Gasteiger partial charge is 0.508 e. The summed E-state index contributed by atoms with van der Waals surface area (Å²) < 4.78 is 25.4. The second-order valence-corrected chi connectivity index (χ2v) is 32.0. The van der Waals surface area contributed by atoms with E-state index in [1.165, 1.54) is 43.4 Å². The molecule has 7 aromatic rings. The summed E-state index contributed by atoms with van der Waals surface area (Å²) in [4.78, 5) is 87.2. The Labute approximate surface area is 661 Å². The van der Waals surface area contributed by atoms with Crippen molar-refractivity contribution in [2.75, 3.05) is 33.4 Å². The normalized spacial score (nSPS) is 27.2. The SMILES string of the molecule is CN[C@@]1(c2ccccc2O)CCCCC1=O.Cc1ccccc1[C@]1(N)CCCCC1=O.N[C@@]1(c2cccc(F)c2)CCCCC1=O.N[C@@]1(c2ccccc2O)CCCCC1=O.O=C1CCCC[C@@]1(NC1CC1)c1ccccc1.O=C1CCCC[C@@]1(NCCF)c1ccccc1.O=C1CCCC[C@]1(c1ccccc1)N1CCC1. The Hall–Kier alpha value is -8.59. The predicted molar refractivity (Wildman–Crippen MR) is 437 cm³/mol. The first-order chi connectivity index (χ1) is 54.1. The number of likely N-dealkylation sites (tertiary alicyclic amines) is 1. The van der Waals surface area contributed by atoms with Crippen LogP contribution >= 0.6 is 0 Å². The zero-order valence-electron chi connectivity index (χ0n) is 65.9. The van der Waals surface area contributed by atoms with E-state index in [0.717, 1.165) is 164 Å². The van der Waals surface area contributed by atoms with Crippen LogP contribution in [0.3, 0.4) is 0 Å². The fourth-order valence-corrected chi connectivity index (χ4v) is 18.0. The molecule has 16 rings (SSSR count). The number of phenols is 2. The Kier molecular flexibility index (Phi) is 30.6. The molecule has 11 N–H and O–H groups in total. The summed E-state index contributed by atoms with van der Waals surface area (Å²) in [6.07, 6.45) is 27.7. The third-order valence-corrected chi connectivity index (χ3v) is 24.7. The Morgan fingerprint density at radius 1 is 0.393 bits per heavy atom. The van der Waals surface area contributed by atoms with Gasteiger partial charge in [0.2, 0.25) is 0 Å². The van der Waals surface area contributed by atoms with Crippen LogP contribution in [0.2, 0.25) is 0 Å². The first kappa shape index (κ1) is 85.8. The van der Waals surface area contributed by atoms with Crippen LogP contribution in [0, 0.1) is 12.7 Å². The Morgan fingerprint density at radius 2 is 0.777 bits per heavy atom. The standard InChI is InChI=1S/2C15H19NO.C14H18FNO.C13H17NO2.C13H17NO.C12H14FNO.C12H15NO2/c17-14-9-4-5-10-15(14,16-11-6-12-16)13-7-2-1-3-8-13;17-14-8-4-5-11-15(14,16-13-9-10-13)12-6-2-1-3-7-12;15-10-11-16-14(9-5-4-8-13(14)17)12-6-2-1-3-7-12;1-14-13(9-5-4-8-12(13)16)10-6-2-3-7-11(10)15;1-10-6-2-3-7-11(10)13(14)9-5-4-8-12(13)15;13-10-5-3-4-9(8-10)12(14)7-2-1-6-11(12)15;13-12(8-4-3-7-11(12)15)9-5-1-2-6-10(9)14/h1-3,7-8H,4-6,9-12H2;1-3,6-7,13,16H,4-5,8-11H2;1-3,6-7,16H,4-5,8-11H2;2-3,6-7,14-15H,4-5,8-9H2,1H3;2-3,6-7H,4-5,8-9,14H2,1H3;3-5,8H,1-2,6-7,14H2;1-2,5-6,14H,3-4,7-8,13H2/t2*15-;14-;2*13-;2*12-/m1111111/s1. The number of alkyl halides is 1.